The Balaban J connectivity index is 1.88. The summed E-state index contributed by atoms with van der Waals surface area (Å²) in [4.78, 5) is 11.8. The Kier molecular flexibility index (Phi) is 3.22. The molecule has 0 unspecified atom stereocenters. The molecule has 1 N–H and O–H groups in total. The third-order valence-electron chi connectivity index (χ3n) is 2.94. The van der Waals surface area contributed by atoms with Crippen LogP contribution in [0.2, 0.25) is 0 Å². The van der Waals surface area contributed by atoms with E-state index in [0.717, 1.165) is 17.7 Å². The van der Waals surface area contributed by atoms with Gasteiger partial charge in [0, 0.05) is 18.5 Å². The molecule has 0 radical (unpaired) electrons. The Morgan fingerprint density at radius 3 is 2.71 bits per heavy atom. The maximum absolute atomic E-state index is 11.8. The first-order valence-electron chi connectivity index (χ1n) is 5.95. The quantitative estimate of drug-likeness (QED) is 0.831. The topological polar surface area (TPSA) is 53.8 Å². The van der Waals surface area contributed by atoms with E-state index in [1.807, 2.05) is 31.2 Å². The van der Waals surface area contributed by atoms with Gasteiger partial charge in [-0.3, -0.25) is 4.79 Å². The maximum Gasteiger partial charge on any atom is 0.224 e. The van der Waals surface area contributed by atoms with E-state index in [0.29, 0.717) is 12.8 Å². The molecule has 0 aliphatic carbocycles. The van der Waals surface area contributed by atoms with Crippen molar-refractivity contribution in [1.29, 1.82) is 0 Å². The monoisotopic (exact) mass is 231 g/mol. The second kappa shape index (κ2) is 4.65. The number of rotatable bonds is 5. The number of anilines is 1. The lowest BCUT2D eigenvalue weighted by Gasteiger charge is -2.10. The Morgan fingerprint density at radius 2 is 2.06 bits per heavy atom. The molecular weight excluding hydrogens is 214 g/mol. The zero-order valence-corrected chi connectivity index (χ0v) is 10.2. The molecule has 90 valence electrons. The molecule has 1 aliphatic heterocycles. The first-order chi connectivity index (χ1) is 8.13. The van der Waals surface area contributed by atoms with Crippen molar-refractivity contribution in [1.82, 2.24) is 0 Å². The Bertz CT molecular complexity index is 448. The second-order valence-electron chi connectivity index (χ2n) is 4.48. The van der Waals surface area contributed by atoms with Crippen molar-refractivity contribution in [3.05, 3.63) is 29.8 Å². The molecule has 0 saturated carbocycles. The van der Waals surface area contributed by atoms with Gasteiger partial charge in [-0.2, -0.15) is 10.2 Å². The van der Waals surface area contributed by atoms with E-state index in [1.54, 1.807) is 0 Å². The number of para-hydroxylation sites is 1. The minimum absolute atomic E-state index is 0.0319. The van der Waals surface area contributed by atoms with Crippen LogP contribution in [0.25, 0.3) is 0 Å². The van der Waals surface area contributed by atoms with Crippen molar-refractivity contribution < 1.29 is 4.79 Å². The molecule has 0 saturated heterocycles. The molecule has 1 aromatic carbocycles. The molecule has 0 spiro atoms. The SMILES string of the molecule is CCc1ccccc1NC(=O)CCC1(C)N=N1. The minimum Gasteiger partial charge on any atom is -0.326 e. The lowest BCUT2D eigenvalue weighted by atomic mass is 10.1. The summed E-state index contributed by atoms with van der Waals surface area (Å²) in [5.41, 5.74) is 1.78. The summed E-state index contributed by atoms with van der Waals surface area (Å²) >= 11 is 0. The summed E-state index contributed by atoms with van der Waals surface area (Å²) in [6, 6.07) is 7.88. The highest BCUT2D eigenvalue weighted by Gasteiger charge is 2.33. The molecule has 0 atom stereocenters. The molecular formula is C13H17N3O. The van der Waals surface area contributed by atoms with Crippen LogP contribution < -0.4 is 5.32 Å². The number of benzene rings is 1. The van der Waals surface area contributed by atoms with Crippen molar-refractivity contribution in [3.63, 3.8) is 0 Å². The molecule has 2 rings (SSSR count). The molecule has 4 heteroatoms. The van der Waals surface area contributed by atoms with Crippen LogP contribution >= 0.6 is 0 Å². The highest BCUT2D eigenvalue weighted by Crippen LogP contribution is 2.32. The van der Waals surface area contributed by atoms with Gasteiger partial charge in [0.1, 0.15) is 0 Å². The average molecular weight is 231 g/mol. The summed E-state index contributed by atoms with van der Waals surface area (Å²) in [6.07, 6.45) is 2.06. The third kappa shape index (κ3) is 3.12. The zero-order valence-electron chi connectivity index (χ0n) is 10.2. The van der Waals surface area contributed by atoms with Crippen LogP contribution in [0.15, 0.2) is 34.5 Å². The first kappa shape index (κ1) is 11.8. The van der Waals surface area contributed by atoms with Crippen LogP contribution in [0.1, 0.15) is 32.3 Å². The second-order valence-corrected chi connectivity index (χ2v) is 4.48. The Labute approximate surface area is 101 Å². The number of amides is 1. The van der Waals surface area contributed by atoms with Gasteiger partial charge in [0.2, 0.25) is 5.91 Å². The van der Waals surface area contributed by atoms with E-state index in [-0.39, 0.29) is 11.6 Å². The highest BCUT2D eigenvalue weighted by atomic mass is 16.1. The lowest BCUT2D eigenvalue weighted by Crippen LogP contribution is -2.16. The van der Waals surface area contributed by atoms with Crippen molar-refractivity contribution in [2.45, 2.75) is 38.8 Å². The smallest absolute Gasteiger partial charge is 0.224 e. The van der Waals surface area contributed by atoms with E-state index in [1.165, 1.54) is 0 Å². The fourth-order valence-electron chi connectivity index (χ4n) is 1.70. The molecule has 0 aromatic heterocycles. The summed E-state index contributed by atoms with van der Waals surface area (Å²) in [5.74, 6) is 0.0319. The first-order valence-corrected chi connectivity index (χ1v) is 5.95. The predicted molar refractivity (Wildman–Crippen MR) is 66.9 cm³/mol. The van der Waals surface area contributed by atoms with Gasteiger partial charge in [0.15, 0.2) is 5.66 Å². The van der Waals surface area contributed by atoms with Crippen LogP contribution in [0, 0.1) is 0 Å². The molecule has 0 bridgehead atoms. The minimum atomic E-state index is -0.290. The average Bonchev–Trinajstić information content (AvgIpc) is 3.06. The fraction of sp³-hybridized carbons (Fsp3) is 0.462. The van der Waals surface area contributed by atoms with Gasteiger partial charge in [0.05, 0.1) is 0 Å². The van der Waals surface area contributed by atoms with Gasteiger partial charge < -0.3 is 5.32 Å². The van der Waals surface area contributed by atoms with Gasteiger partial charge >= 0.3 is 0 Å². The van der Waals surface area contributed by atoms with Crippen LogP contribution in [-0.2, 0) is 11.2 Å². The van der Waals surface area contributed by atoms with Gasteiger partial charge in [-0.1, -0.05) is 25.1 Å². The molecule has 17 heavy (non-hydrogen) atoms. The van der Waals surface area contributed by atoms with Crippen LogP contribution in [0.4, 0.5) is 5.69 Å². The maximum atomic E-state index is 11.8. The fourth-order valence-corrected chi connectivity index (χ4v) is 1.70. The number of aryl methyl sites for hydroxylation is 1. The number of carbonyl (C=O) groups excluding carboxylic acids is 1. The summed E-state index contributed by atoms with van der Waals surface area (Å²) in [6.45, 7) is 4.01. The predicted octanol–water partition coefficient (Wildman–Crippen LogP) is 3.15. The zero-order chi connectivity index (χ0) is 12.3. The standard InChI is InChI=1S/C13H17N3O/c1-3-10-6-4-5-7-11(10)14-12(17)8-9-13(2)15-16-13/h4-7H,3,8-9H2,1-2H3,(H,14,17). The van der Waals surface area contributed by atoms with Crippen molar-refractivity contribution in [3.8, 4) is 0 Å². The van der Waals surface area contributed by atoms with Gasteiger partial charge in [-0.05, 0) is 25.0 Å². The van der Waals surface area contributed by atoms with Crippen molar-refractivity contribution in [2.75, 3.05) is 5.32 Å². The van der Waals surface area contributed by atoms with Gasteiger partial charge in [-0.25, -0.2) is 0 Å². The van der Waals surface area contributed by atoms with E-state index >= 15 is 0 Å². The lowest BCUT2D eigenvalue weighted by molar-refractivity contribution is -0.116. The molecule has 1 aliphatic rings. The molecule has 1 heterocycles. The number of carbonyl (C=O) groups is 1. The van der Waals surface area contributed by atoms with Crippen LogP contribution in [0.3, 0.4) is 0 Å². The molecule has 1 aromatic rings. The van der Waals surface area contributed by atoms with Crippen molar-refractivity contribution >= 4 is 11.6 Å². The van der Waals surface area contributed by atoms with Crippen LogP contribution in [0.5, 0.6) is 0 Å². The van der Waals surface area contributed by atoms with E-state index < -0.39 is 0 Å². The van der Waals surface area contributed by atoms with E-state index in [2.05, 4.69) is 22.5 Å². The Morgan fingerprint density at radius 1 is 1.35 bits per heavy atom. The largest absolute Gasteiger partial charge is 0.326 e. The number of nitrogens with zero attached hydrogens (tertiary/aromatic N) is 2. The summed E-state index contributed by atoms with van der Waals surface area (Å²) in [5, 5.41) is 10.7. The number of hydrogen-bond donors (Lipinski definition) is 1. The summed E-state index contributed by atoms with van der Waals surface area (Å²) in [7, 11) is 0. The highest BCUT2D eigenvalue weighted by molar-refractivity contribution is 5.91. The van der Waals surface area contributed by atoms with E-state index in [4.69, 9.17) is 0 Å². The molecule has 1 amide bonds. The van der Waals surface area contributed by atoms with Crippen LogP contribution in [-0.4, -0.2) is 11.6 Å². The molecule has 0 fully saturated rings. The third-order valence-corrected chi connectivity index (χ3v) is 2.94. The molecule has 4 nitrogen and oxygen atoms in total. The number of nitrogens with one attached hydrogen (secondary N) is 1. The van der Waals surface area contributed by atoms with E-state index in [9.17, 15) is 4.79 Å². The van der Waals surface area contributed by atoms with Crippen molar-refractivity contribution in [2.24, 2.45) is 10.2 Å². The van der Waals surface area contributed by atoms with Gasteiger partial charge in [0.25, 0.3) is 0 Å². The number of hydrogen-bond acceptors (Lipinski definition) is 3. The Hall–Kier alpha value is -1.71. The normalized spacial score (nSPS) is 15.6. The van der Waals surface area contributed by atoms with Gasteiger partial charge in [-0.15, -0.1) is 0 Å². The summed E-state index contributed by atoms with van der Waals surface area (Å²) < 4.78 is 0.